The van der Waals surface area contributed by atoms with Gasteiger partial charge in [0.15, 0.2) is 24.1 Å². The van der Waals surface area contributed by atoms with Crippen molar-refractivity contribution in [1.29, 1.82) is 0 Å². The third kappa shape index (κ3) is 11.8. The second-order valence-corrected chi connectivity index (χ2v) is 17.0. The molecule has 4 aromatic rings. The molecule has 0 bridgehead atoms. The number of anilines is 1. The van der Waals surface area contributed by atoms with Crippen LogP contribution in [0.2, 0.25) is 0 Å². The van der Waals surface area contributed by atoms with Gasteiger partial charge in [0.25, 0.3) is 0 Å². The summed E-state index contributed by atoms with van der Waals surface area (Å²) in [6.45, 7) is 2.68. The lowest BCUT2D eigenvalue weighted by Crippen LogP contribution is -2.52. The first-order chi connectivity index (χ1) is 29.3. The van der Waals surface area contributed by atoms with E-state index in [4.69, 9.17) is 10.5 Å². The Labute approximate surface area is 355 Å². The number of aryl methyl sites for hydroxylation is 4. The Kier molecular flexibility index (Phi) is 15.4. The number of aromatic nitrogens is 1. The van der Waals surface area contributed by atoms with Crippen molar-refractivity contribution in [2.24, 2.45) is 17.8 Å². The molecular formula is C51H62N4O5. The molecule has 0 spiro atoms. The second kappa shape index (κ2) is 21.4. The van der Waals surface area contributed by atoms with Crippen LogP contribution in [-0.4, -0.2) is 59.2 Å². The number of aliphatic hydroxyl groups excluding tert-OH is 1. The smallest absolute Gasteiger partial charge is 0.186 e. The molecule has 0 saturated carbocycles. The zero-order valence-corrected chi connectivity index (χ0v) is 34.9. The number of aliphatic hydroxyl groups is 1. The lowest BCUT2D eigenvalue weighted by Gasteiger charge is -2.47. The Hall–Kier alpha value is -5.09. The van der Waals surface area contributed by atoms with Gasteiger partial charge >= 0.3 is 0 Å². The van der Waals surface area contributed by atoms with Crippen molar-refractivity contribution >= 4 is 23.5 Å². The van der Waals surface area contributed by atoms with E-state index in [1.165, 1.54) is 48.4 Å². The topological polar surface area (TPSA) is 147 Å². The zero-order valence-electron chi connectivity index (χ0n) is 34.9. The number of allylic oxidation sites excluding steroid dienone is 1. The molecule has 9 heteroatoms. The van der Waals surface area contributed by atoms with Crippen molar-refractivity contribution in [2.45, 2.75) is 95.9 Å². The minimum absolute atomic E-state index is 0.0468. The third-order valence-electron chi connectivity index (χ3n) is 12.9. The maximum absolute atomic E-state index is 13.1. The fourth-order valence-electron chi connectivity index (χ4n) is 9.79. The highest BCUT2D eigenvalue weighted by Gasteiger charge is 2.41. The molecule has 0 radical (unpaired) electrons. The van der Waals surface area contributed by atoms with Gasteiger partial charge in [-0.05, 0) is 158 Å². The molecule has 3 aliphatic rings. The van der Waals surface area contributed by atoms with Gasteiger partial charge in [-0.1, -0.05) is 85.2 Å². The quantitative estimate of drug-likeness (QED) is 0.0198. The number of ether oxygens (including phenoxy) is 1. The van der Waals surface area contributed by atoms with Crippen molar-refractivity contribution in [2.75, 3.05) is 32.2 Å². The third-order valence-corrected chi connectivity index (χ3v) is 12.9. The summed E-state index contributed by atoms with van der Waals surface area (Å²) in [6, 6.07) is 24.9. The van der Waals surface area contributed by atoms with E-state index in [-0.39, 0.29) is 29.5 Å². The number of unbranched alkanes of at least 4 members (excludes halogenated alkanes) is 2. The molecular weight excluding hydrogens is 749 g/mol. The number of carbonyl (C=O) groups is 2. The molecule has 0 amide bonds. The summed E-state index contributed by atoms with van der Waals surface area (Å²) in [7, 11) is 0. The molecule has 9 nitrogen and oxygen atoms in total. The predicted octanol–water partition coefficient (Wildman–Crippen LogP) is 7.89. The van der Waals surface area contributed by atoms with Crippen LogP contribution in [0.15, 0.2) is 96.7 Å². The first-order valence-electron chi connectivity index (χ1n) is 22.1. The van der Waals surface area contributed by atoms with Crippen molar-refractivity contribution in [3.63, 3.8) is 0 Å². The van der Waals surface area contributed by atoms with Crippen LogP contribution < -0.4 is 21.1 Å². The minimum Gasteiger partial charge on any atom is -0.504 e. The van der Waals surface area contributed by atoms with Gasteiger partial charge in [0.05, 0.1) is 6.42 Å². The largest absolute Gasteiger partial charge is 0.504 e. The van der Waals surface area contributed by atoms with Crippen LogP contribution in [0, 0.1) is 17.8 Å². The van der Waals surface area contributed by atoms with E-state index < -0.39 is 6.79 Å². The molecule has 2 aliphatic heterocycles. The average molecular weight is 811 g/mol. The molecule has 60 heavy (non-hydrogen) atoms. The number of pyridine rings is 1. The first kappa shape index (κ1) is 43.0. The van der Waals surface area contributed by atoms with Gasteiger partial charge in [-0.3, -0.25) is 9.59 Å². The fourth-order valence-corrected chi connectivity index (χ4v) is 9.79. The summed E-state index contributed by atoms with van der Waals surface area (Å²) in [5.41, 5.74) is 15.0. The number of Topliss-reactive ketones (excluding diaryl/α,β-unsaturated/α-hetero) is 1. The number of rotatable bonds is 20. The second-order valence-electron chi connectivity index (χ2n) is 17.0. The number of hydrogen-bond acceptors (Lipinski definition) is 9. The predicted molar refractivity (Wildman–Crippen MR) is 239 cm³/mol. The Morgan fingerprint density at radius 1 is 0.883 bits per heavy atom. The molecule has 2 fully saturated rings. The average Bonchev–Trinajstić information content (AvgIpc) is 3.26. The molecule has 3 heterocycles. The van der Waals surface area contributed by atoms with Crippen molar-refractivity contribution < 1.29 is 24.5 Å². The zero-order chi connectivity index (χ0) is 41.7. The van der Waals surface area contributed by atoms with E-state index in [0.717, 1.165) is 87.2 Å². The number of phenolic OH excluding ortho intramolecular Hbond substituents is 1. The standard InChI is InChI=1S/C51H62N4O5/c52-50-30-39(19-18-37-12-7-11-36(25-37)17-16-35-9-3-1-4-10-35)42(33-55-50)27-41-28-48(59)49(60-34-56)29-38(41)20-21-45(58)31-44(57)14-5-2-6-15-47-46-22-24-53-32-43(46)26-40-13-8-23-54-51(40)47/h1,3-4,7,9-12,20-21,25-26,28-30,33,43,46-47,51,53-54,56,59H,2,5-6,8,13-19,22-24,27,31-32,34H2,(H2,52,55). The minimum atomic E-state index is -0.613. The number of nitrogens with one attached hydrogen (secondary N) is 2. The van der Waals surface area contributed by atoms with Gasteiger partial charge in [0.1, 0.15) is 11.6 Å². The Balaban J connectivity index is 0.937. The van der Waals surface area contributed by atoms with Gasteiger partial charge in [-0.25, -0.2) is 4.98 Å². The van der Waals surface area contributed by atoms with Crippen LogP contribution in [0.4, 0.5) is 5.82 Å². The number of benzene rings is 3. The lowest BCUT2D eigenvalue weighted by molar-refractivity contribution is -0.124. The van der Waals surface area contributed by atoms with Crippen LogP contribution in [0.3, 0.4) is 0 Å². The first-order valence-corrected chi connectivity index (χ1v) is 22.1. The van der Waals surface area contributed by atoms with E-state index in [9.17, 15) is 19.8 Å². The van der Waals surface area contributed by atoms with Crippen LogP contribution in [0.5, 0.6) is 11.5 Å². The van der Waals surface area contributed by atoms with E-state index >= 15 is 0 Å². The maximum atomic E-state index is 13.1. The van der Waals surface area contributed by atoms with Crippen LogP contribution in [0.25, 0.3) is 6.08 Å². The lowest BCUT2D eigenvalue weighted by atomic mass is 9.64. The SMILES string of the molecule is Nc1cc(CCc2cccc(CCc3ccccc3)c2)c(Cc2cc(O)c(OCO)cc2C=CC(=O)CC(=O)CCCCCC2C3NCCCC3=CC3CNCCC32)cn1. The summed E-state index contributed by atoms with van der Waals surface area (Å²) in [5, 5.41) is 27.7. The number of nitrogen functional groups attached to an aromatic ring is 1. The van der Waals surface area contributed by atoms with Gasteiger partial charge < -0.3 is 31.3 Å². The fraction of sp³-hybridized carbons (Fsp3) is 0.431. The molecule has 4 unspecified atom stereocenters. The molecule has 316 valence electrons. The van der Waals surface area contributed by atoms with Crippen LogP contribution >= 0.6 is 0 Å². The van der Waals surface area contributed by atoms with Gasteiger partial charge in [0.2, 0.25) is 0 Å². The van der Waals surface area contributed by atoms with Crippen LogP contribution in [0.1, 0.15) is 96.7 Å². The number of piperidine rings is 2. The molecule has 7 rings (SSSR count). The van der Waals surface area contributed by atoms with Gasteiger partial charge in [0, 0.05) is 25.2 Å². The Bertz CT molecular complexity index is 2130. The number of carbonyl (C=O) groups excluding carboxylic acids is 2. The summed E-state index contributed by atoms with van der Waals surface area (Å²) in [4.78, 5) is 30.5. The number of phenols is 1. The molecule has 1 aliphatic carbocycles. The number of hydrogen-bond donors (Lipinski definition) is 5. The molecule has 1 aromatic heterocycles. The molecule has 2 saturated heterocycles. The van der Waals surface area contributed by atoms with Gasteiger partial charge in [-0.2, -0.15) is 0 Å². The summed E-state index contributed by atoms with van der Waals surface area (Å²) in [6.07, 6.45) is 19.3. The summed E-state index contributed by atoms with van der Waals surface area (Å²) < 4.78 is 5.28. The monoisotopic (exact) mass is 810 g/mol. The number of ketones is 2. The van der Waals surface area contributed by atoms with Crippen molar-refractivity contribution in [3.8, 4) is 11.5 Å². The highest BCUT2D eigenvalue weighted by atomic mass is 16.6. The molecule has 4 atom stereocenters. The highest BCUT2D eigenvalue weighted by Crippen LogP contribution is 2.42. The number of nitrogens with two attached hydrogens (primary N) is 1. The number of nitrogens with zero attached hydrogens (tertiary/aromatic N) is 1. The molecule has 6 N–H and O–H groups in total. The van der Waals surface area contributed by atoms with Crippen molar-refractivity contribution in [1.82, 2.24) is 15.6 Å². The summed E-state index contributed by atoms with van der Waals surface area (Å²) >= 11 is 0. The van der Waals surface area contributed by atoms with Crippen molar-refractivity contribution in [3.05, 3.63) is 136 Å². The van der Waals surface area contributed by atoms with E-state index in [2.05, 4.69) is 70.2 Å². The Morgan fingerprint density at radius 2 is 1.68 bits per heavy atom. The summed E-state index contributed by atoms with van der Waals surface area (Å²) in [5.74, 6) is 2.12. The maximum Gasteiger partial charge on any atom is 0.186 e. The molecule has 3 aromatic carbocycles. The van der Waals surface area contributed by atoms with E-state index in [1.54, 1.807) is 30.0 Å². The number of fused-ring (bicyclic) bond motifs is 2. The highest BCUT2D eigenvalue weighted by molar-refractivity contribution is 6.06. The normalized spacial score (nSPS) is 20.0. The number of aromatic hydroxyl groups is 1. The van der Waals surface area contributed by atoms with Crippen LogP contribution in [-0.2, 0) is 41.7 Å². The van der Waals surface area contributed by atoms with E-state index in [0.29, 0.717) is 42.1 Å². The Morgan fingerprint density at radius 3 is 2.52 bits per heavy atom. The van der Waals surface area contributed by atoms with E-state index in [1.807, 2.05) is 12.1 Å². The van der Waals surface area contributed by atoms with Gasteiger partial charge in [-0.15, -0.1) is 0 Å².